The highest BCUT2D eigenvalue weighted by molar-refractivity contribution is 5.97. The molecule has 1 N–H and O–H groups in total. The van der Waals surface area contributed by atoms with Crippen molar-refractivity contribution in [2.75, 3.05) is 5.32 Å². The van der Waals surface area contributed by atoms with E-state index in [1.54, 1.807) is 13.8 Å². The molecular weight excluding hydrogens is 450 g/mol. The molecular formula is C16H13F12NO. The Labute approximate surface area is 161 Å². The van der Waals surface area contributed by atoms with Crippen LogP contribution >= 0.6 is 0 Å². The fourth-order valence-corrected chi connectivity index (χ4v) is 2.04. The second-order valence-electron chi connectivity index (χ2n) is 6.45. The van der Waals surface area contributed by atoms with Gasteiger partial charge in [0, 0.05) is 5.69 Å². The van der Waals surface area contributed by atoms with E-state index in [4.69, 9.17) is 0 Å². The highest BCUT2D eigenvalue weighted by Crippen LogP contribution is 2.58. The van der Waals surface area contributed by atoms with Gasteiger partial charge in [0.25, 0.3) is 0 Å². The summed E-state index contributed by atoms with van der Waals surface area (Å²) in [6, 6.07) is 4.23. The van der Waals surface area contributed by atoms with Gasteiger partial charge in [-0.3, -0.25) is 4.79 Å². The van der Waals surface area contributed by atoms with Crippen LogP contribution in [-0.2, 0) is 4.79 Å². The number of carbonyl (C=O) groups excluding carboxylic acids is 1. The third-order valence-electron chi connectivity index (χ3n) is 4.00. The van der Waals surface area contributed by atoms with Crippen LogP contribution in [0.1, 0.15) is 25.3 Å². The smallest absolute Gasteiger partial charge is 0.321 e. The first-order valence-electron chi connectivity index (χ1n) is 7.83. The van der Waals surface area contributed by atoms with Gasteiger partial charge in [-0.1, -0.05) is 26.0 Å². The predicted molar refractivity (Wildman–Crippen MR) is 79.9 cm³/mol. The summed E-state index contributed by atoms with van der Waals surface area (Å²) in [5.74, 6) is -40.0. The average molecular weight is 463 g/mol. The standard InChI is InChI=1S/C16H13F12NO/c1-7(2)8-3-5-9(6-4-8)29-11(30)13(21,22)15(25,26)16(27,28)14(23,24)12(19,20)10(17)18/h3-7,10H,1-2H3,(H,29,30). The summed E-state index contributed by atoms with van der Waals surface area (Å²) in [6.45, 7) is 3.39. The molecule has 1 aromatic rings. The molecule has 0 spiro atoms. The van der Waals surface area contributed by atoms with Crippen LogP contribution in [0.15, 0.2) is 24.3 Å². The summed E-state index contributed by atoms with van der Waals surface area (Å²) >= 11 is 0. The molecule has 0 saturated heterocycles. The minimum absolute atomic E-state index is 0.0991. The molecule has 0 unspecified atom stereocenters. The van der Waals surface area contributed by atoms with Crippen molar-refractivity contribution in [1.29, 1.82) is 0 Å². The molecule has 0 aliphatic carbocycles. The Morgan fingerprint density at radius 1 is 0.767 bits per heavy atom. The van der Waals surface area contributed by atoms with Gasteiger partial charge in [-0.2, -0.15) is 43.9 Å². The van der Waals surface area contributed by atoms with Crippen molar-refractivity contribution >= 4 is 11.6 Å². The number of hydrogen-bond donors (Lipinski definition) is 1. The van der Waals surface area contributed by atoms with Crippen molar-refractivity contribution < 1.29 is 57.5 Å². The second-order valence-corrected chi connectivity index (χ2v) is 6.45. The zero-order valence-electron chi connectivity index (χ0n) is 14.9. The lowest BCUT2D eigenvalue weighted by Gasteiger charge is -2.38. The normalized spacial score (nSPS) is 14.4. The minimum atomic E-state index is -7.75. The first kappa shape index (κ1) is 25.9. The number of benzene rings is 1. The molecule has 1 amide bonds. The minimum Gasteiger partial charge on any atom is -0.321 e. The van der Waals surface area contributed by atoms with Gasteiger partial charge < -0.3 is 5.32 Å². The number of anilines is 1. The number of carbonyl (C=O) groups is 1. The quantitative estimate of drug-likeness (QED) is 0.458. The Hall–Kier alpha value is -2.15. The van der Waals surface area contributed by atoms with Gasteiger partial charge in [0.2, 0.25) is 0 Å². The highest BCUT2D eigenvalue weighted by atomic mass is 19.4. The predicted octanol–water partition coefficient (Wildman–Crippen LogP) is 6.19. The third kappa shape index (κ3) is 3.92. The van der Waals surface area contributed by atoms with E-state index >= 15 is 0 Å². The molecule has 0 radical (unpaired) electrons. The van der Waals surface area contributed by atoms with Crippen molar-refractivity contribution in [3.8, 4) is 0 Å². The van der Waals surface area contributed by atoms with Gasteiger partial charge >= 0.3 is 41.9 Å². The van der Waals surface area contributed by atoms with Crippen LogP contribution in [0.4, 0.5) is 58.4 Å². The molecule has 0 heterocycles. The fourth-order valence-electron chi connectivity index (χ4n) is 2.04. The summed E-state index contributed by atoms with van der Waals surface area (Å²) in [6.07, 6.45) is -5.60. The van der Waals surface area contributed by atoms with Crippen molar-refractivity contribution in [3.63, 3.8) is 0 Å². The number of alkyl halides is 12. The summed E-state index contributed by atoms with van der Waals surface area (Å²) in [4.78, 5) is 11.4. The Kier molecular flexibility index (Phi) is 6.76. The molecule has 0 aliphatic heterocycles. The molecule has 14 heteroatoms. The molecule has 172 valence electrons. The maximum atomic E-state index is 13.7. The van der Waals surface area contributed by atoms with Crippen molar-refractivity contribution in [3.05, 3.63) is 29.8 Å². The average Bonchev–Trinajstić information content (AvgIpc) is 2.61. The molecule has 1 aromatic carbocycles. The SMILES string of the molecule is CC(C)c1ccc(NC(=O)C(F)(F)C(F)(F)C(F)(F)C(F)(F)C(F)(F)C(F)F)cc1. The van der Waals surface area contributed by atoms with E-state index in [0.29, 0.717) is 5.56 Å². The van der Waals surface area contributed by atoms with E-state index in [1.807, 2.05) is 0 Å². The molecule has 0 aromatic heterocycles. The Bertz CT molecular complexity index is 758. The van der Waals surface area contributed by atoms with E-state index in [-0.39, 0.29) is 5.92 Å². The number of nitrogens with one attached hydrogen (secondary N) is 1. The van der Waals surface area contributed by atoms with Gasteiger partial charge in [-0.25, -0.2) is 8.78 Å². The lowest BCUT2D eigenvalue weighted by Crippen LogP contribution is -2.70. The van der Waals surface area contributed by atoms with Crippen LogP contribution in [0, 0.1) is 0 Å². The lowest BCUT2D eigenvalue weighted by molar-refractivity contribution is -0.406. The van der Waals surface area contributed by atoms with E-state index < -0.39 is 47.6 Å². The van der Waals surface area contributed by atoms with E-state index in [2.05, 4.69) is 0 Å². The number of hydrogen-bond acceptors (Lipinski definition) is 1. The van der Waals surface area contributed by atoms with Crippen LogP contribution < -0.4 is 5.32 Å². The molecule has 0 bridgehead atoms. The largest absolute Gasteiger partial charge is 0.393 e. The van der Waals surface area contributed by atoms with Gasteiger partial charge in [-0.15, -0.1) is 0 Å². The van der Waals surface area contributed by atoms with E-state index in [1.165, 1.54) is 12.1 Å². The van der Waals surface area contributed by atoms with E-state index in [0.717, 1.165) is 17.4 Å². The lowest BCUT2D eigenvalue weighted by atomic mass is 9.94. The molecule has 0 atom stereocenters. The molecule has 1 rings (SSSR count). The Balaban J connectivity index is 3.28. The van der Waals surface area contributed by atoms with Crippen molar-refractivity contribution in [2.45, 2.75) is 55.8 Å². The monoisotopic (exact) mass is 463 g/mol. The zero-order valence-corrected chi connectivity index (χ0v) is 14.9. The second kappa shape index (κ2) is 7.84. The molecule has 2 nitrogen and oxygen atoms in total. The number of halogens is 12. The third-order valence-corrected chi connectivity index (χ3v) is 4.00. The van der Waals surface area contributed by atoms with Gasteiger partial charge in [0.15, 0.2) is 0 Å². The fraction of sp³-hybridized carbons (Fsp3) is 0.562. The summed E-state index contributed by atoms with van der Waals surface area (Å²) in [7, 11) is 0. The zero-order chi connectivity index (χ0) is 23.9. The topological polar surface area (TPSA) is 29.1 Å². The summed E-state index contributed by atoms with van der Waals surface area (Å²) in [5, 5.41) is 1.06. The number of rotatable bonds is 8. The molecule has 30 heavy (non-hydrogen) atoms. The highest BCUT2D eigenvalue weighted by Gasteiger charge is 2.89. The van der Waals surface area contributed by atoms with Gasteiger partial charge in [-0.05, 0) is 23.6 Å². The Morgan fingerprint density at radius 3 is 1.57 bits per heavy atom. The van der Waals surface area contributed by atoms with Crippen LogP contribution in [0.3, 0.4) is 0 Å². The summed E-state index contributed by atoms with van der Waals surface area (Å²) < 4.78 is 157. The summed E-state index contributed by atoms with van der Waals surface area (Å²) in [5.41, 5.74) is -0.0710. The van der Waals surface area contributed by atoms with Crippen molar-refractivity contribution in [2.24, 2.45) is 0 Å². The molecule has 0 saturated carbocycles. The van der Waals surface area contributed by atoms with Crippen LogP contribution in [0.25, 0.3) is 0 Å². The van der Waals surface area contributed by atoms with Crippen LogP contribution in [-0.4, -0.2) is 41.9 Å². The Morgan fingerprint density at radius 2 is 1.20 bits per heavy atom. The van der Waals surface area contributed by atoms with E-state index in [9.17, 15) is 57.5 Å². The van der Waals surface area contributed by atoms with Crippen LogP contribution in [0.2, 0.25) is 0 Å². The maximum Gasteiger partial charge on any atom is 0.393 e. The first-order chi connectivity index (χ1) is 13.2. The van der Waals surface area contributed by atoms with Crippen LogP contribution in [0.5, 0.6) is 0 Å². The molecule has 0 aliphatic rings. The first-order valence-corrected chi connectivity index (χ1v) is 7.83. The van der Waals surface area contributed by atoms with Gasteiger partial charge in [0.05, 0.1) is 0 Å². The molecule has 0 fully saturated rings. The van der Waals surface area contributed by atoms with Gasteiger partial charge in [0.1, 0.15) is 0 Å². The van der Waals surface area contributed by atoms with Crippen molar-refractivity contribution in [1.82, 2.24) is 0 Å². The number of amides is 1. The maximum absolute atomic E-state index is 13.7.